The van der Waals surface area contributed by atoms with Crippen LogP contribution in [0.3, 0.4) is 0 Å². The molecule has 0 radical (unpaired) electrons. The first-order chi connectivity index (χ1) is 10.1. The fourth-order valence-corrected chi connectivity index (χ4v) is 3.14. The maximum absolute atomic E-state index is 13.0. The Bertz CT molecular complexity index is 540. The molecule has 5 heteroatoms. The molecule has 2 fully saturated rings. The van der Waals surface area contributed by atoms with Crippen molar-refractivity contribution < 1.29 is 14.3 Å². The number of ether oxygens (including phenoxy) is 1. The summed E-state index contributed by atoms with van der Waals surface area (Å²) < 4.78 is 5.35. The van der Waals surface area contributed by atoms with E-state index in [0.717, 1.165) is 18.4 Å². The molecule has 1 aromatic rings. The van der Waals surface area contributed by atoms with Crippen LogP contribution in [0, 0.1) is 0 Å². The number of carbonyl (C=O) groups excluding carboxylic acids is 2. The second kappa shape index (κ2) is 5.48. The van der Waals surface area contributed by atoms with Gasteiger partial charge in [-0.3, -0.25) is 9.59 Å². The zero-order chi connectivity index (χ0) is 14.9. The average Bonchev–Trinajstić information content (AvgIpc) is 2.52. The predicted molar refractivity (Wildman–Crippen MR) is 77.5 cm³/mol. The fraction of sp³-hybridized carbons (Fsp3) is 0.500. The van der Waals surface area contributed by atoms with Crippen LogP contribution in [0.25, 0.3) is 0 Å². The topological polar surface area (TPSA) is 58.6 Å². The molecule has 0 aliphatic carbocycles. The van der Waals surface area contributed by atoms with Crippen LogP contribution in [0.1, 0.15) is 25.3 Å². The van der Waals surface area contributed by atoms with Gasteiger partial charge in [0, 0.05) is 19.3 Å². The maximum Gasteiger partial charge on any atom is 0.253 e. The highest BCUT2D eigenvalue weighted by molar-refractivity contribution is 5.98. The predicted octanol–water partition coefficient (Wildman–Crippen LogP) is 1.04. The van der Waals surface area contributed by atoms with Crippen molar-refractivity contribution in [2.24, 2.45) is 0 Å². The second-order valence-electron chi connectivity index (χ2n) is 5.82. The van der Waals surface area contributed by atoms with Crippen molar-refractivity contribution in [3.8, 4) is 0 Å². The van der Waals surface area contributed by atoms with Gasteiger partial charge in [-0.25, -0.2) is 0 Å². The molecule has 5 nitrogen and oxygen atoms in total. The van der Waals surface area contributed by atoms with E-state index >= 15 is 0 Å². The molecule has 2 aliphatic rings. The summed E-state index contributed by atoms with van der Waals surface area (Å²) in [5.74, 6) is -0.132. The third-order valence-corrected chi connectivity index (χ3v) is 4.37. The number of hydrogen-bond donors (Lipinski definition) is 1. The van der Waals surface area contributed by atoms with Gasteiger partial charge in [-0.1, -0.05) is 30.3 Å². The zero-order valence-electron chi connectivity index (χ0n) is 12.2. The van der Waals surface area contributed by atoms with Gasteiger partial charge in [-0.15, -0.1) is 0 Å². The number of amides is 2. The molecule has 2 amide bonds. The van der Waals surface area contributed by atoms with Gasteiger partial charge >= 0.3 is 0 Å². The molecule has 0 aromatic heterocycles. The van der Waals surface area contributed by atoms with Crippen LogP contribution in [0.2, 0.25) is 0 Å². The van der Waals surface area contributed by atoms with Crippen LogP contribution in [-0.4, -0.2) is 42.5 Å². The first kappa shape index (κ1) is 14.1. The lowest BCUT2D eigenvalue weighted by Crippen LogP contribution is -2.65. The van der Waals surface area contributed by atoms with E-state index in [2.05, 4.69) is 5.32 Å². The molecule has 2 saturated heterocycles. The standard InChI is InChI=1S/C16H20N2O3/c1-16(12-5-3-2-4-6-12)15(20)18(11-14(19)17-16)13-7-9-21-10-8-13/h2-6,13H,7-11H2,1H3,(H,17,19). The molecular formula is C16H20N2O3. The average molecular weight is 288 g/mol. The largest absolute Gasteiger partial charge is 0.381 e. The van der Waals surface area contributed by atoms with Crippen molar-refractivity contribution in [1.82, 2.24) is 10.2 Å². The molecule has 0 bridgehead atoms. The van der Waals surface area contributed by atoms with E-state index in [0.29, 0.717) is 13.2 Å². The molecule has 1 N–H and O–H groups in total. The van der Waals surface area contributed by atoms with Crippen molar-refractivity contribution >= 4 is 11.8 Å². The van der Waals surface area contributed by atoms with Crippen molar-refractivity contribution in [1.29, 1.82) is 0 Å². The summed E-state index contributed by atoms with van der Waals surface area (Å²) in [6.07, 6.45) is 1.59. The summed E-state index contributed by atoms with van der Waals surface area (Å²) >= 11 is 0. The SMILES string of the molecule is CC1(c2ccccc2)NC(=O)CN(C2CCOCC2)C1=O. The molecule has 1 aromatic carbocycles. The summed E-state index contributed by atoms with van der Waals surface area (Å²) in [5.41, 5.74) is -0.158. The quantitative estimate of drug-likeness (QED) is 0.884. The molecule has 0 spiro atoms. The monoisotopic (exact) mass is 288 g/mol. The number of nitrogens with zero attached hydrogens (tertiary/aromatic N) is 1. The number of nitrogens with one attached hydrogen (secondary N) is 1. The Morgan fingerprint density at radius 2 is 1.86 bits per heavy atom. The normalized spacial score (nSPS) is 27.6. The molecule has 3 rings (SSSR count). The van der Waals surface area contributed by atoms with Gasteiger partial charge in [0.15, 0.2) is 0 Å². The van der Waals surface area contributed by atoms with Gasteiger partial charge in [-0.05, 0) is 25.3 Å². The molecule has 0 saturated carbocycles. The number of piperazine rings is 1. The van der Waals surface area contributed by atoms with Crippen molar-refractivity contribution in [2.45, 2.75) is 31.3 Å². The summed E-state index contributed by atoms with van der Waals surface area (Å²) in [5, 5.41) is 2.87. The van der Waals surface area contributed by atoms with Crippen LogP contribution in [0.15, 0.2) is 30.3 Å². The highest BCUT2D eigenvalue weighted by atomic mass is 16.5. The smallest absolute Gasteiger partial charge is 0.253 e. The van der Waals surface area contributed by atoms with Gasteiger partial charge in [0.25, 0.3) is 5.91 Å². The Hall–Kier alpha value is -1.88. The Morgan fingerprint density at radius 3 is 2.52 bits per heavy atom. The molecule has 2 aliphatic heterocycles. The number of hydrogen-bond acceptors (Lipinski definition) is 3. The van der Waals surface area contributed by atoms with Gasteiger partial charge in [0.05, 0.1) is 6.54 Å². The molecule has 1 unspecified atom stereocenters. The van der Waals surface area contributed by atoms with Crippen LogP contribution in [-0.2, 0) is 19.9 Å². The zero-order valence-corrected chi connectivity index (χ0v) is 12.2. The van der Waals surface area contributed by atoms with Gasteiger partial charge < -0.3 is 15.0 Å². The summed E-state index contributed by atoms with van der Waals surface area (Å²) in [6, 6.07) is 9.52. The lowest BCUT2D eigenvalue weighted by atomic mass is 9.87. The molecule has 1 atom stereocenters. The minimum atomic E-state index is -0.977. The van der Waals surface area contributed by atoms with Crippen LogP contribution >= 0.6 is 0 Å². The Balaban J connectivity index is 1.91. The van der Waals surface area contributed by atoms with Gasteiger partial charge in [0.2, 0.25) is 5.91 Å². The van der Waals surface area contributed by atoms with E-state index in [-0.39, 0.29) is 24.4 Å². The van der Waals surface area contributed by atoms with E-state index in [4.69, 9.17) is 4.74 Å². The Labute approximate surface area is 124 Å². The highest BCUT2D eigenvalue weighted by Gasteiger charge is 2.46. The molecule has 112 valence electrons. The van der Waals surface area contributed by atoms with Crippen molar-refractivity contribution in [3.05, 3.63) is 35.9 Å². The number of carbonyl (C=O) groups is 2. The van der Waals surface area contributed by atoms with E-state index < -0.39 is 5.54 Å². The lowest BCUT2D eigenvalue weighted by Gasteiger charge is -2.44. The van der Waals surface area contributed by atoms with Gasteiger partial charge in [-0.2, -0.15) is 0 Å². The lowest BCUT2D eigenvalue weighted by molar-refractivity contribution is -0.154. The van der Waals surface area contributed by atoms with Crippen molar-refractivity contribution in [2.75, 3.05) is 19.8 Å². The molecule has 21 heavy (non-hydrogen) atoms. The van der Waals surface area contributed by atoms with E-state index in [9.17, 15) is 9.59 Å². The third-order valence-electron chi connectivity index (χ3n) is 4.37. The Morgan fingerprint density at radius 1 is 1.19 bits per heavy atom. The summed E-state index contributed by atoms with van der Waals surface area (Å²) in [7, 11) is 0. The van der Waals surface area contributed by atoms with E-state index in [1.165, 1.54) is 0 Å². The number of benzene rings is 1. The second-order valence-corrected chi connectivity index (χ2v) is 5.82. The minimum Gasteiger partial charge on any atom is -0.381 e. The first-order valence-corrected chi connectivity index (χ1v) is 7.36. The van der Waals surface area contributed by atoms with Crippen LogP contribution in [0.5, 0.6) is 0 Å². The third kappa shape index (κ3) is 2.53. The molecular weight excluding hydrogens is 268 g/mol. The van der Waals surface area contributed by atoms with E-state index in [1.54, 1.807) is 11.8 Å². The van der Waals surface area contributed by atoms with Crippen LogP contribution < -0.4 is 5.32 Å². The highest BCUT2D eigenvalue weighted by Crippen LogP contribution is 2.29. The fourth-order valence-electron chi connectivity index (χ4n) is 3.14. The summed E-state index contributed by atoms with van der Waals surface area (Å²) in [4.78, 5) is 26.8. The maximum atomic E-state index is 13.0. The minimum absolute atomic E-state index is 0.0276. The summed E-state index contributed by atoms with van der Waals surface area (Å²) in [6.45, 7) is 3.23. The number of rotatable bonds is 2. The van der Waals surface area contributed by atoms with Crippen LogP contribution in [0.4, 0.5) is 0 Å². The van der Waals surface area contributed by atoms with Gasteiger partial charge in [0.1, 0.15) is 5.54 Å². The van der Waals surface area contributed by atoms with E-state index in [1.807, 2.05) is 30.3 Å². The first-order valence-electron chi connectivity index (χ1n) is 7.36. The molecule has 2 heterocycles. The Kier molecular flexibility index (Phi) is 3.68. The van der Waals surface area contributed by atoms with Crippen molar-refractivity contribution in [3.63, 3.8) is 0 Å².